The molecule has 2 fully saturated rings. The van der Waals surface area contributed by atoms with Crippen molar-refractivity contribution in [3.8, 4) is 0 Å². The van der Waals surface area contributed by atoms with Gasteiger partial charge in [0.1, 0.15) is 12.2 Å². The highest BCUT2D eigenvalue weighted by Crippen LogP contribution is 2.41. The Kier molecular flexibility index (Phi) is 4.73. The van der Waals surface area contributed by atoms with Crippen molar-refractivity contribution in [1.29, 1.82) is 0 Å². The zero-order chi connectivity index (χ0) is 16.6. The summed E-state index contributed by atoms with van der Waals surface area (Å²) in [5.74, 6) is 1.99. The predicted molar refractivity (Wildman–Crippen MR) is 86.7 cm³/mol. The summed E-state index contributed by atoms with van der Waals surface area (Å²) in [6.07, 6.45) is 4.01. The minimum absolute atomic E-state index is 0.0205. The van der Waals surface area contributed by atoms with Crippen LogP contribution in [0.25, 0.3) is 0 Å². The lowest BCUT2D eigenvalue weighted by molar-refractivity contribution is 0.295. The first-order chi connectivity index (χ1) is 10.9. The molecule has 0 amide bonds. The highest BCUT2D eigenvalue weighted by Gasteiger charge is 2.44. The van der Waals surface area contributed by atoms with E-state index < -0.39 is 10.2 Å². The number of aryl methyl sites for hydroxylation is 1. The number of hydrogen-bond acceptors (Lipinski definition) is 5. The summed E-state index contributed by atoms with van der Waals surface area (Å²) in [4.78, 5) is 6.62. The summed E-state index contributed by atoms with van der Waals surface area (Å²) < 4.78 is 30.4. The Morgan fingerprint density at radius 3 is 2.70 bits per heavy atom. The highest BCUT2D eigenvalue weighted by molar-refractivity contribution is 7.87. The molecule has 1 saturated carbocycles. The van der Waals surface area contributed by atoms with Crippen molar-refractivity contribution in [1.82, 2.24) is 28.7 Å². The van der Waals surface area contributed by atoms with Crippen LogP contribution in [0, 0.1) is 11.8 Å². The maximum Gasteiger partial charge on any atom is 0.279 e. The standard InChI is InChI=1S/C14H26N6O2S/c1-4-20-14(15-10-16-20)9-19-7-12(11-5-6-11)13(8-19)17-23(21,22)18(2)3/h10-13,17H,4-9H2,1-3H3/t12-,13+/m1/s1. The highest BCUT2D eigenvalue weighted by atomic mass is 32.2. The average Bonchev–Trinajstić information content (AvgIpc) is 3.11. The van der Waals surface area contributed by atoms with Crippen LogP contribution < -0.4 is 4.72 Å². The summed E-state index contributed by atoms with van der Waals surface area (Å²) in [7, 11) is -0.274. The molecule has 0 aromatic carbocycles. The van der Waals surface area contributed by atoms with Gasteiger partial charge >= 0.3 is 0 Å². The molecule has 0 spiro atoms. The molecule has 23 heavy (non-hydrogen) atoms. The second kappa shape index (κ2) is 6.46. The zero-order valence-corrected chi connectivity index (χ0v) is 14.8. The van der Waals surface area contributed by atoms with Gasteiger partial charge in [0.25, 0.3) is 10.2 Å². The van der Waals surface area contributed by atoms with Crippen LogP contribution >= 0.6 is 0 Å². The Labute approximate surface area is 138 Å². The predicted octanol–water partition coefficient (Wildman–Crippen LogP) is -0.0956. The topological polar surface area (TPSA) is 83.4 Å². The van der Waals surface area contributed by atoms with Gasteiger partial charge in [-0.2, -0.15) is 22.5 Å². The van der Waals surface area contributed by atoms with Crippen LogP contribution in [0.2, 0.25) is 0 Å². The van der Waals surface area contributed by atoms with E-state index in [1.807, 2.05) is 11.6 Å². The number of nitrogens with one attached hydrogen (secondary N) is 1. The van der Waals surface area contributed by atoms with Crippen LogP contribution in [0.1, 0.15) is 25.6 Å². The van der Waals surface area contributed by atoms with E-state index in [4.69, 9.17) is 0 Å². The van der Waals surface area contributed by atoms with E-state index in [1.165, 1.54) is 17.1 Å². The molecule has 1 aliphatic heterocycles. The molecular weight excluding hydrogens is 316 g/mol. The first-order valence-electron chi connectivity index (χ1n) is 8.19. The van der Waals surface area contributed by atoms with Gasteiger partial charge in [0.15, 0.2) is 0 Å². The van der Waals surface area contributed by atoms with Gasteiger partial charge in [-0.1, -0.05) is 0 Å². The molecule has 0 radical (unpaired) electrons. The lowest BCUT2D eigenvalue weighted by atomic mass is 9.99. The number of rotatable bonds is 7. The van der Waals surface area contributed by atoms with Crippen molar-refractivity contribution in [3.05, 3.63) is 12.2 Å². The number of aromatic nitrogens is 3. The summed E-state index contributed by atoms with van der Waals surface area (Å²) in [5, 5.41) is 4.21. The molecule has 8 nitrogen and oxygen atoms in total. The van der Waals surface area contributed by atoms with Crippen LogP contribution in [-0.4, -0.2) is 65.6 Å². The second-order valence-corrected chi connectivity index (χ2v) is 8.62. The van der Waals surface area contributed by atoms with Crippen molar-refractivity contribution >= 4 is 10.2 Å². The third kappa shape index (κ3) is 3.73. The van der Waals surface area contributed by atoms with Crippen LogP contribution in [0.5, 0.6) is 0 Å². The van der Waals surface area contributed by atoms with E-state index >= 15 is 0 Å². The van der Waals surface area contributed by atoms with E-state index in [0.717, 1.165) is 32.0 Å². The summed E-state index contributed by atoms with van der Waals surface area (Å²) in [6, 6.07) is -0.0205. The Balaban J connectivity index is 1.69. The van der Waals surface area contributed by atoms with Crippen LogP contribution in [0.3, 0.4) is 0 Å². The molecule has 2 heterocycles. The van der Waals surface area contributed by atoms with Gasteiger partial charge in [0, 0.05) is 39.8 Å². The second-order valence-electron chi connectivity index (χ2n) is 6.70. The smallest absolute Gasteiger partial charge is 0.279 e. The monoisotopic (exact) mass is 342 g/mol. The van der Waals surface area contributed by atoms with Crippen molar-refractivity contribution in [2.75, 3.05) is 27.2 Å². The molecule has 0 unspecified atom stereocenters. The van der Waals surface area contributed by atoms with E-state index in [1.54, 1.807) is 20.4 Å². The molecular formula is C14H26N6O2S. The third-order valence-corrected chi connectivity index (χ3v) is 6.37. The van der Waals surface area contributed by atoms with E-state index in [0.29, 0.717) is 11.8 Å². The lowest BCUT2D eigenvalue weighted by Crippen LogP contribution is -2.46. The van der Waals surface area contributed by atoms with Gasteiger partial charge in [-0.3, -0.25) is 4.90 Å². The molecule has 130 valence electrons. The van der Waals surface area contributed by atoms with Gasteiger partial charge in [0.05, 0.1) is 6.54 Å². The molecule has 1 aromatic rings. The molecule has 2 aliphatic rings. The van der Waals surface area contributed by atoms with Gasteiger partial charge < -0.3 is 0 Å². The van der Waals surface area contributed by atoms with Crippen LogP contribution in [0.15, 0.2) is 6.33 Å². The van der Waals surface area contributed by atoms with Gasteiger partial charge in [-0.15, -0.1) is 0 Å². The van der Waals surface area contributed by atoms with Crippen molar-refractivity contribution in [2.45, 2.75) is 38.9 Å². The fourth-order valence-corrected chi connectivity index (χ4v) is 4.18. The summed E-state index contributed by atoms with van der Waals surface area (Å²) in [6.45, 7) is 5.21. The van der Waals surface area contributed by atoms with Gasteiger partial charge in [-0.05, 0) is 31.6 Å². The maximum atomic E-state index is 12.2. The number of likely N-dealkylation sites (tertiary alicyclic amines) is 1. The average molecular weight is 342 g/mol. The van der Waals surface area contributed by atoms with Crippen molar-refractivity contribution in [2.24, 2.45) is 11.8 Å². The Morgan fingerprint density at radius 1 is 1.35 bits per heavy atom. The Hall–Kier alpha value is -1.03. The molecule has 1 aliphatic carbocycles. The molecule has 9 heteroatoms. The third-order valence-electron chi connectivity index (χ3n) is 4.81. The fourth-order valence-electron chi connectivity index (χ4n) is 3.34. The maximum absolute atomic E-state index is 12.2. The molecule has 0 bridgehead atoms. The van der Waals surface area contributed by atoms with Crippen LogP contribution in [-0.2, 0) is 23.3 Å². The summed E-state index contributed by atoms with van der Waals surface area (Å²) >= 11 is 0. The minimum atomic E-state index is -3.40. The minimum Gasteiger partial charge on any atom is -0.294 e. The largest absolute Gasteiger partial charge is 0.294 e. The van der Waals surface area contributed by atoms with E-state index in [-0.39, 0.29) is 6.04 Å². The lowest BCUT2D eigenvalue weighted by Gasteiger charge is -2.21. The Bertz CT molecular complexity index is 639. The number of hydrogen-bond donors (Lipinski definition) is 1. The van der Waals surface area contributed by atoms with Crippen LogP contribution in [0.4, 0.5) is 0 Å². The fraction of sp³-hybridized carbons (Fsp3) is 0.857. The van der Waals surface area contributed by atoms with Gasteiger partial charge in [-0.25, -0.2) is 9.67 Å². The quantitative estimate of drug-likeness (QED) is 0.748. The molecule has 1 aromatic heterocycles. The molecule has 3 rings (SSSR count). The summed E-state index contributed by atoms with van der Waals surface area (Å²) in [5.41, 5.74) is 0. The SMILES string of the molecule is CCn1ncnc1CN1C[C@H](NS(=O)(=O)N(C)C)[C@@H](C2CC2)C1. The van der Waals surface area contributed by atoms with Crippen molar-refractivity contribution < 1.29 is 8.42 Å². The number of nitrogens with zero attached hydrogens (tertiary/aromatic N) is 5. The molecule has 2 atom stereocenters. The first-order valence-corrected chi connectivity index (χ1v) is 9.63. The Morgan fingerprint density at radius 2 is 2.09 bits per heavy atom. The first kappa shape index (κ1) is 16.8. The van der Waals surface area contributed by atoms with E-state index in [9.17, 15) is 8.42 Å². The molecule has 1 saturated heterocycles. The van der Waals surface area contributed by atoms with Gasteiger partial charge in [0.2, 0.25) is 0 Å². The van der Waals surface area contributed by atoms with E-state index in [2.05, 4.69) is 19.7 Å². The zero-order valence-electron chi connectivity index (χ0n) is 14.0. The van der Waals surface area contributed by atoms with Crippen molar-refractivity contribution in [3.63, 3.8) is 0 Å². The normalized spacial score (nSPS) is 26.3. The molecule has 1 N–H and O–H groups in total.